The van der Waals surface area contributed by atoms with Crippen LogP contribution in [-0.2, 0) is 88.0 Å². The highest BCUT2D eigenvalue weighted by molar-refractivity contribution is 6.01. The first-order valence-corrected chi connectivity index (χ1v) is 41.9. The van der Waals surface area contributed by atoms with Crippen molar-refractivity contribution in [2.75, 3.05) is 63.7 Å². The van der Waals surface area contributed by atoms with E-state index in [1.54, 1.807) is 0 Å². The Morgan fingerprint density at radius 2 is 0.896 bits per heavy atom. The third kappa shape index (κ3) is 41.0. The van der Waals surface area contributed by atoms with Gasteiger partial charge in [0.15, 0.2) is 22.7 Å². The van der Waals surface area contributed by atoms with E-state index >= 15 is 0 Å². The number of halogens is 3. The number of Topliss-reactive ketones (excluding diaryl/α,β-unsaturated/α-hetero) is 3. The fraction of sp³-hybridized carbons (Fsp3) is 0.633. The zero-order chi connectivity index (χ0) is 102. The number of carbonyl (C=O) groups excluding carboxylic acids is 13. The number of carbonyl (C=O) groups is 17. The van der Waals surface area contributed by atoms with Gasteiger partial charge in [0.05, 0.1) is 75.8 Å². The number of aliphatic hydroxyl groups is 15. The zero-order valence-electron chi connectivity index (χ0n) is 72.6. The summed E-state index contributed by atoms with van der Waals surface area (Å²) in [5.41, 5.74) is 7.86. The molecule has 756 valence electrons. The number of unbranched alkanes of at least 4 members (excludes halogenated alkanes) is 1. The number of aromatic nitrogens is 4. The second-order valence-electron chi connectivity index (χ2n) is 31.3. The zero-order valence-corrected chi connectivity index (χ0v) is 72.6. The average Bonchev–Trinajstić information content (AvgIpc) is 0.795. The van der Waals surface area contributed by atoms with Crippen LogP contribution in [0, 0.1) is 17.8 Å². The number of ether oxygens (including phenoxy) is 1. The lowest BCUT2D eigenvalue weighted by molar-refractivity contribution is -0.170. The van der Waals surface area contributed by atoms with Crippen LogP contribution >= 0.6 is 0 Å². The van der Waals surface area contributed by atoms with E-state index in [0.717, 1.165) is 37.6 Å². The molecule has 0 radical (unpaired) electrons. The molecule has 2 heterocycles. The van der Waals surface area contributed by atoms with E-state index in [0.29, 0.717) is 0 Å². The van der Waals surface area contributed by atoms with Gasteiger partial charge in [0.1, 0.15) is 78.8 Å². The minimum Gasteiger partial charge on any atom is -0.481 e. The molecule has 1 aromatic carbocycles. The Labute approximate surface area is 763 Å². The van der Waals surface area contributed by atoms with Crippen molar-refractivity contribution < 1.29 is 196 Å². The van der Waals surface area contributed by atoms with Crippen LogP contribution in [0.3, 0.4) is 0 Å². The molecule has 3 aromatic rings. The fourth-order valence-electron chi connectivity index (χ4n) is 12.9. The van der Waals surface area contributed by atoms with Gasteiger partial charge < -0.3 is 156 Å². The normalized spacial score (nSPS) is 16.0. The number of ketones is 3. The molecule has 20 atom stereocenters. The molecule has 3 rings (SSSR count). The maximum atomic E-state index is 14.9. The first-order valence-electron chi connectivity index (χ1n) is 41.9. The molecule has 0 unspecified atom stereocenters. The minimum atomic E-state index is -5.55. The fourth-order valence-corrected chi connectivity index (χ4v) is 12.9. The summed E-state index contributed by atoms with van der Waals surface area (Å²) in [6, 6.07) is -5.60. The van der Waals surface area contributed by atoms with Gasteiger partial charge in [-0.2, -0.15) is 18.2 Å². The summed E-state index contributed by atoms with van der Waals surface area (Å²) in [5, 5.41) is 207. The summed E-state index contributed by atoms with van der Waals surface area (Å²) in [4.78, 5) is 254. The molecular weight excluding hydrogens is 1820 g/mol. The number of nitrogens with two attached hydrogens (primary N) is 2. The summed E-state index contributed by atoms with van der Waals surface area (Å²) in [6.07, 6.45) is -44.9. The number of alkyl halides is 3. The van der Waals surface area contributed by atoms with Gasteiger partial charge in [-0.05, 0) is 88.5 Å². The number of esters is 1. The Hall–Kier alpha value is -12.0. The highest BCUT2D eigenvalue weighted by Crippen LogP contribution is 2.28. The first kappa shape index (κ1) is 117. The summed E-state index contributed by atoms with van der Waals surface area (Å²) in [5.74, 6) is -28.8. The molecule has 9 amide bonds. The van der Waals surface area contributed by atoms with Crippen LogP contribution in [0.4, 0.5) is 24.8 Å². The number of benzene rings is 1. The van der Waals surface area contributed by atoms with Crippen LogP contribution in [0.25, 0.3) is 11.2 Å². The molecule has 2 aromatic heterocycles. The lowest BCUT2D eigenvalue weighted by atomic mass is 9.89. The van der Waals surface area contributed by atoms with Crippen LogP contribution in [0.1, 0.15) is 144 Å². The average molecular weight is 1940 g/mol. The number of anilines is 2. The van der Waals surface area contributed by atoms with Gasteiger partial charge in [0.2, 0.25) is 47.3 Å². The number of H-pyrrole nitrogens is 1. The van der Waals surface area contributed by atoms with Gasteiger partial charge in [0.25, 0.3) is 11.5 Å². The predicted octanol–water partition coefficient (Wildman–Crippen LogP) is -11.1. The number of carboxylic acids is 4. The molecular formula is C79H116F3N15O38. The molecule has 0 aliphatic heterocycles. The quantitative estimate of drug-likeness (QED) is 0.0184. The molecule has 0 aliphatic carbocycles. The maximum absolute atomic E-state index is 14.9. The monoisotopic (exact) mass is 1940 g/mol. The van der Waals surface area contributed by atoms with Crippen LogP contribution in [0.15, 0.2) is 35.3 Å². The summed E-state index contributed by atoms with van der Waals surface area (Å²) < 4.78 is 46.9. The topological polar surface area (TPSA) is 907 Å². The van der Waals surface area contributed by atoms with E-state index in [4.69, 9.17) is 21.3 Å². The Morgan fingerprint density at radius 3 is 1.31 bits per heavy atom. The Balaban J connectivity index is 2.13. The molecule has 135 heavy (non-hydrogen) atoms. The number of hydrogen-bond donors (Lipinski definition) is 30. The highest BCUT2D eigenvalue weighted by atomic mass is 19.4. The number of amides is 9. The van der Waals surface area contributed by atoms with Gasteiger partial charge >= 0.3 is 41.9 Å². The molecule has 0 aliphatic rings. The first-order chi connectivity index (χ1) is 63.3. The van der Waals surface area contributed by atoms with Gasteiger partial charge in [-0.3, -0.25) is 86.6 Å². The van der Waals surface area contributed by atoms with Gasteiger partial charge in [-0.15, -0.1) is 0 Å². The number of rotatable bonds is 66. The van der Waals surface area contributed by atoms with E-state index in [1.807, 2.05) is 0 Å². The summed E-state index contributed by atoms with van der Waals surface area (Å²) >= 11 is 0. The van der Waals surface area contributed by atoms with Crippen LogP contribution in [0.5, 0.6) is 0 Å². The number of hydrogen-bond acceptors (Lipinski definition) is 39. The third-order valence-corrected chi connectivity index (χ3v) is 20.9. The Bertz CT molecular complexity index is 4560. The van der Waals surface area contributed by atoms with E-state index in [2.05, 4.69) is 62.5 Å². The van der Waals surface area contributed by atoms with Crippen molar-refractivity contribution in [1.29, 1.82) is 0 Å². The van der Waals surface area contributed by atoms with Crippen molar-refractivity contribution in [3.63, 3.8) is 0 Å². The van der Waals surface area contributed by atoms with Crippen molar-refractivity contribution in [2.45, 2.75) is 245 Å². The van der Waals surface area contributed by atoms with E-state index in [1.165, 1.54) is 0 Å². The van der Waals surface area contributed by atoms with Gasteiger partial charge in [0, 0.05) is 119 Å². The third-order valence-electron chi connectivity index (χ3n) is 20.9. The van der Waals surface area contributed by atoms with E-state index < -0.39 is 399 Å². The number of aliphatic hydroxyl groups excluding tert-OH is 15. The number of nitrogen functional groups attached to an aromatic ring is 1. The van der Waals surface area contributed by atoms with Crippen LogP contribution < -0.4 is 64.5 Å². The van der Waals surface area contributed by atoms with Crippen molar-refractivity contribution in [3.05, 3.63) is 52.1 Å². The Morgan fingerprint density at radius 1 is 0.474 bits per heavy atom. The summed E-state index contributed by atoms with van der Waals surface area (Å²) in [7, 11) is 0.994. The number of nitrogens with one attached hydrogen (secondary N) is 9. The predicted molar refractivity (Wildman–Crippen MR) is 447 cm³/mol. The number of aliphatic carboxylic acids is 4. The van der Waals surface area contributed by atoms with E-state index in [-0.39, 0.29) is 54.4 Å². The molecule has 0 spiro atoms. The molecule has 0 fully saturated rings. The number of nitrogens with zero attached hydrogens (tertiary/aromatic N) is 4. The van der Waals surface area contributed by atoms with Gasteiger partial charge in [-0.1, -0.05) is 0 Å². The molecule has 56 heteroatoms. The van der Waals surface area contributed by atoms with Crippen molar-refractivity contribution in [2.24, 2.45) is 23.5 Å². The smallest absolute Gasteiger partial charge is 0.471 e. The standard InChI is InChI=1S/C79H116F3N15O38/c1-135-76(133)46(91-58(113)20-13-42(83)74(129)130)4-2-3-23-85-69(124)37(8-18-56(111)87-29-50(105)63(119)66(122)53(108)33-99)25-47(102)43(15-21-59(114)115)93-72(127)38(9-19-57(112)88-30-51(106)64(120)67(123)54(109)34-100)26-48(103)44(16-22-60(116)117)92-71(126)36(7-17-55(110)86-28-49(104)62(118)65(121)52(107)32-98)24-41(101)12-14-45(75(131)132)94-70(125)35-5-10-40(11-6-35)97(77(134)79(80,81)82)31-39-27-89-68-61(90-39)73(128)96-78(84)95-68/h5-6,10-11,27,36-38,42-46,49-54,62-67,98-100,104-109,118-123H,2-4,7-9,12-26,28-34,83H2,1H3,(H,85,124)(H,86,110)(H,87,111)(H,88,112)(H,91,113)(H,92,126)(H,93,127)(H,94,125)(H,114,115)(H,116,117)(H,129,130)(H,131,132)(H3,84,89,95,96,128)/t36-,37-,38-,42+,43+,44+,45+,46+,49+,50+,51+,52-,53-,54-,62-,63-,64-,65-,66-,67-/m1/s1. The number of aromatic amines is 1. The molecule has 0 bridgehead atoms. The lowest BCUT2D eigenvalue weighted by Crippen LogP contribution is -2.50. The van der Waals surface area contributed by atoms with Gasteiger partial charge in [-0.25, -0.2) is 19.6 Å². The van der Waals surface area contributed by atoms with Crippen molar-refractivity contribution >= 4 is 123 Å². The second kappa shape index (κ2) is 58.3. The second-order valence-corrected chi connectivity index (χ2v) is 31.3. The van der Waals surface area contributed by atoms with Crippen LogP contribution in [0.2, 0.25) is 0 Å². The molecule has 53 nitrogen and oxygen atoms in total. The number of fused-ring (bicyclic) bond motifs is 1. The van der Waals surface area contributed by atoms with Crippen molar-refractivity contribution in [3.8, 4) is 0 Å². The summed E-state index contributed by atoms with van der Waals surface area (Å²) in [6.45, 7) is -7.37. The Kier molecular flexibility index (Phi) is 50.6. The SMILES string of the molecule is COC(=O)[C@H](CCCCNC(=O)[C@H](CCC(=O)NC[C@H](O)[C@@H](O)[C@H](O)[C@H](O)CO)CC(=O)[C@H](CCC(=O)O)NC(=O)[C@H](CCC(=O)NC[C@H](O)[C@@H](O)[C@H](O)[C@H](O)CO)CC(=O)[C@H](CCC(=O)O)NC(=O)[C@H](CCC(=O)NC[C@H](O)[C@@H](O)[C@H](O)[C@H](O)CO)CC(=O)CC[C@H](NC(=O)c1ccc(N(Cc2cnc3nc(N)[nH]c(=O)c3n2)C(=O)C(F)(F)F)cc1)C(=O)O)NC(=O)CC[C@H](N)C(=O)O. The molecule has 0 saturated carbocycles. The molecule has 0 saturated heterocycles. The maximum Gasteiger partial charge on any atom is 0.471 e. The minimum absolute atomic E-state index is 0.0101. The van der Waals surface area contributed by atoms with E-state index in [9.17, 15) is 191 Å². The molecule has 32 N–H and O–H groups in total. The number of methoxy groups -OCH3 is 1. The van der Waals surface area contributed by atoms with Crippen LogP contribution in [-0.4, -0.2) is 380 Å². The largest absolute Gasteiger partial charge is 0.481 e. The highest BCUT2D eigenvalue weighted by Gasteiger charge is 2.44. The number of carboxylic acid groups (broad SMARTS) is 4. The van der Waals surface area contributed by atoms with Crippen molar-refractivity contribution in [1.82, 2.24) is 62.5 Å². The lowest BCUT2D eigenvalue weighted by Gasteiger charge is -2.26.